The van der Waals surface area contributed by atoms with Crippen LogP contribution < -0.4 is 0 Å². The van der Waals surface area contributed by atoms with Gasteiger partial charge in [-0.25, -0.2) is 0 Å². The molecule has 1 heteroatoms. The van der Waals surface area contributed by atoms with E-state index in [1.54, 1.807) is 6.08 Å². The van der Waals surface area contributed by atoms with Crippen LogP contribution in [0, 0.1) is 5.92 Å². The molecular weight excluding hydrogens is 615 g/mol. The molecule has 1 spiro atoms. The summed E-state index contributed by atoms with van der Waals surface area (Å²) in [7, 11) is 0. The van der Waals surface area contributed by atoms with Crippen molar-refractivity contribution in [2.45, 2.75) is 11.8 Å². The highest BCUT2D eigenvalue weighted by molar-refractivity contribution is 6.07. The van der Waals surface area contributed by atoms with E-state index in [0.29, 0.717) is 0 Å². The summed E-state index contributed by atoms with van der Waals surface area (Å²) >= 11 is 0. The number of fused-ring (bicyclic) bond motifs is 10. The maximum absolute atomic E-state index is 5.12. The van der Waals surface area contributed by atoms with Crippen LogP contribution in [0.4, 0.5) is 0 Å². The second-order valence-electron chi connectivity index (χ2n) is 13.9. The highest BCUT2D eigenvalue weighted by Gasteiger charge is 2.50. The van der Waals surface area contributed by atoms with Gasteiger partial charge in [0.1, 0.15) is 0 Å². The van der Waals surface area contributed by atoms with Crippen LogP contribution in [0.1, 0.15) is 33.4 Å². The zero-order valence-electron chi connectivity index (χ0n) is 28.3. The molecule has 51 heavy (non-hydrogen) atoms. The number of hydrogen-bond donors (Lipinski definition) is 0. The first-order chi connectivity index (χ1) is 25.2. The summed E-state index contributed by atoms with van der Waals surface area (Å²) in [6.07, 6.45) is 17.6. The monoisotopic (exact) mass is 649 g/mol. The third-order valence-corrected chi connectivity index (χ3v) is 11.3. The average molecular weight is 650 g/mol. The number of benzene rings is 6. The van der Waals surface area contributed by atoms with Gasteiger partial charge in [0.25, 0.3) is 0 Å². The number of aromatic nitrogens is 1. The predicted molar refractivity (Wildman–Crippen MR) is 215 cm³/mol. The maximum Gasteiger partial charge on any atom is 0.0753 e. The van der Waals surface area contributed by atoms with E-state index in [2.05, 4.69) is 159 Å². The van der Waals surface area contributed by atoms with Crippen LogP contribution in [-0.2, 0) is 11.8 Å². The average Bonchev–Trinajstić information content (AvgIpc) is 3.47. The molecule has 0 aliphatic heterocycles. The molecule has 0 fully saturated rings. The molecule has 3 aliphatic rings. The Bertz CT molecular complexity index is 2710. The van der Waals surface area contributed by atoms with Crippen molar-refractivity contribution in [1.82, 2.24) is 4.98 Å². The van der Waals surface area contributed by atoms with Crippen LogP contribution in [0.25, 0.3) is 61.1 Å². The number of rotatable bonds is 4. The quantitative estimate of drug-likeness (QED) is 0.137. The van der Waals surface area contributed by atoms with Gasteiger partial charge in [-0.3, -0.25) is 4.98 Å². The fraction of sp³-hybridized carbons (Fsp3) is 0.0600. The SMILES string of the molecule is C=C/C=C\C(=C)C1/C=C\c2ccc3c(-c4ccc5c(c4)-c4ncccc4C54c5ccccc5-c5cccc6cccc4c56)ccc(c3c2)C/C=C/1. The first kappa shape index (κ1) is 29.6. The zero-order valence-corrected chi connectivity index (χ0v) is 28.3. The Morgan fingerprint density at radius 1 is 0.686 bits per heavy atom. The molecule has 3 aliphatic carbocycles. The summed E-state index contributed by atoms with van der Waals surface area (Å²) in [5, 5.41) is 5.17. The Balaban J connectivity index is 1.16. The molecule has 10 rings (SSSR count). The minimum Gasteiger partial charge on any atom is -0.256 e. The van der Waals surface area contributed by atoms with Crippen LogP contribution in [0.2, 0.25) is 0 Å². The molecule has 2 bridgehead atoms. The smallest absolute Gasteiger partial charge is 0.0753 e. The molecule has 0 amide bonds. The second-order valence-corrected chi connectivity index (χ2v) is 13.9. The van der Waals surface area contributed by atoms with Gasteiger partial charge in [0.2, 0.25) is 0 Å². The summed E-state index contributed by atoms with van der Waals surface area (Å²) in [4.78, 5) is 5.12. The van der Waals surface area contributed by atoms with Crippen molar-refractivity contribution < 1.29 is 0 Å². The maximum atomic E-state index is 5.12. The molecular formula is C50H35N. The van der Waals surface area contributed by atoms with Gasteiger partial charge in [-0.1, -0.05) is 159 Å². The summed E-state index contributed by atoms with van der Waals surface area (Å²) < 4.78 is 0. The van der Waals surface area contributed by atoms with Crippen LogP contribution in [0.3, 0.4) is 0 Å². The number of allylic oxidation sites excluding steroid dienone is 7. The standard InChI is InChI=1S/C50H35N/c1-3-4-11-32(2)34-12-7-13-35-24-27-38(39-26-22-33(21-23-34)30-42(35)39)37-25-28-45-43(31-37)49-47(20-10-29-51-49)50(45)44-18-6-5-16-40(44)41-17-8-14-36-15-9-19-46(50)48(36)41/h3-12,14-31,34H,1-2,13H2/b11-4-,12-7+,23-21-. The minimum absolute atomic E-state index is 0.139. The first-order valence-corrected chi connectivity index (χ1v) is 17.8. The number of pyridine rings is 1. The lowest BCUT2D eigenvalue weighted by molar-refractivity contribution is 0.771. The number of hydrogen-bond acceptors (Lipinski definition) is 1. The van der Waals surface area contributed by atoms with Crippen LogP contribution >= 0.6 is 0 Å². The van der Waals surface area contributed by atoms with Gasteiger partial charge in [0.15, 0.2) is 0 Å². The van der Waals surface area contributed by atoms with Crippen molar-refractivity contribution in [2.24, 2.45) is 5.92 Å². The van der Waals surface area contributed by atoms with Crippen molar-refractivity contribution in [3.05, 3.63) is 216 Å². The molecule has 1 nitrogen and oxygen atoms in total. The van der Waals surface area contributed by atoms with E-state index in [4.69, 9.17) is 4.98 Å². The Kier molecular flexibility index (Phi) is 6.60. The fourth-order valence-corrected chi connectivity index (χ4v) is 9.08. The van der Waals surface area contributed by atoms with Crippen molar-refractivity contribution >= 4 is 27.6 Å². The lowest BCUT2D eigenvalue weighted by atomic mass is 9.61. The molecule has 0 saturated heterocycles. The van der Waals surface area contributed by atoms with Crippen LogP contribution in [0.15, 0.2) is 183 Å². The van der Waals surface area contributed by atoms with E-state index in [9.17, 15) is 0 Å². The van der Waals surface area contributed by atoms with Crippen molar-refractivity contribution in [3.8, 4) is 33.5 Å². The third kappa shape index (κ3) is 4.25. The second kappa shape index (κ2) is 11.4. The molecule has 1 aromatic heterocycles. The molecule has 0 saturated carbocycles. The fourth-order valence-electron chi connectivity index (χ4n) is 9.08. The Morgan fingerprint density at radius 2 is 1.51 bits per heavy atom. The van der Waals surface area contributed by atoms with E-state index >= 15 is 0 Å². The molecule has 2 unspecified atom stereocenters. The van der Waals surface area contributed by atoms with E-state index in [-0.39, 0.29) is 5.92 Å². The lowest BCUT2D eigenvalue weighted by Gasteiger charge is -2.39. The summed E-state index contributed by atoms with van der Waals surface area (Å²) in [6.45, 7) is 8.12. The molecule has 240 valence electrons. The highest BCUT2D eigenvalue weighted by atomic mass is 14.7. The Labute approximate surface area is 299 Å². The van der Waals surface area contributed by atoms with Gasteiger partial charge in [-0.2, -0.15) is 0 Å². The Hall–Kier alpha value is -6.31. The number of nitrogens with zero attached hydrogens (tertiary/aromatic N) is 1. The minimum atomic E-state index is -0.459. The summed E-state index contributed by atoms with van der Waals surface area (Å²) in [6, 6.07) is 45.6. The summed E-state index contributed by atoms with van der Waals surface area (Å²) in [5.41, 5.74) is 15.7. The first-order valence-electron chi connectivity index (χ1n) is 17.8. The van der Waals surface area contributed by atoms with E-state index in [1.807, 2.05) is 18.3 Å². The molecule has 7 aromatic rings. The summed E-state index contributed by atoms with van der Waals surface area (Å²) in [5.74, 6) is 0.139. The van der Waals surface area contributed by atoms with Crippen molar-refractivity contribution in [1.29, 1.82) is 0 Å². The molecule has 6 aromatic carbocycles. The normalized spacial score (nSPS) is 19.2. The predicted octanol–water partition coefficient (Wildman–Crippen LogP) is 12.4. The van der Waals surface area contributed by atoms with Crippen LogP contribution in [-0.4, -0.2) is 4.98 Å². The molecule has 2 atom stereocenters. The largest absolute Gasteiger partial charge is 0.256 e. The Morgan fingerprint density at radius 3 is 2.43 bits per heavy atom. The topological polar surface area (TPSA) is 12.9 Å². The third-order valence-electron chi connectivity index (χ3n) is 11.3. The van der Waals surface area contributed by atoms with E-state index < -0.39 is 5.41 Å². The molecule has 1 heterocycles. The van der Waals surface area contributed by atoms with Crippen molar-refractivity contribution in [2.75, 3.05) is 0 Å². The van der Waals surface area contributed by atoms with E-state index in [1.165, 1.54) is 82.7 Å². The van der Waals surface area contributed by atoms with E-state index in [0.717, 1.165) is 17.7 Å². The van der Waals surface area contributed by atoms with Gasteiger partial charge in [-0.05, 0) is 107 Å². The van der Waals surface area contributed by atoms with Crippen LogP contribution in [0.5, 0.6) is 0 Å². The van der Waals surface area contributed by atoms with Crippen molar-refractivity contribution in [3.63, 3.8) is 0 Å². The van der Waals surface area contributed by atoms with Gasteiger partial charge in [0.05, 0.1) is 11.1 Å². The van der Waals surface area contributed by atoms with Gasteiger partial charge >= 0.3 is 0 Å². The lowest BCUT2D eigenvalue weighted by Crippen LogP contribution is -2.31. The molecule has 0 N–H and O–H groups in total. The van der Waals surface area contributed by atoms with Gasteiger partial charge < -0.3 is 0 Å². The highest BCUT2D eigenvalue weighted by Crippen LogP contribution is 2.61. The van der Waals surface area contributed by atoms with Gasteiger partial charge in [0, 0.05) is 17.7 Å². The van der Waals surface area contributed by atoms with Gasteiger partial charge in [-0.15, -0.1) is 0 Å². The molecule has 0 radical (unpaired) electrons. The zero-order chi connectivity index (χ0) is 34.1.